The molecule has 0 aromatic heterocycles. The van der Waals surface area contributed by atoms with Crippen LogP contribution in [0.3, 0.4) is 0 Å². The van der Waals surface area contributed by atoms with Crippen LogP contribution < -0.4 is 5.32 Å². The summed E-state index contributed by atoms with van der Waals surface area (Å²) in [4.78, 5) is 0. The standard InChI is InChI=1S/C19H29NO/c1-2-19(20-15-17-9-5-3-6-10-17)13-14-21-16-18-11-7-4-8-12-18/h2,4,7-8,11-12,17,19-20H,1,3,5-6,9-10,13-16H2/t19-/m0/s1. The van der Waals surface area contributed by atoms with Crippen molar-refractivity contribution in [3.63, 3.8) is 0 Å². The summed E-state index contributed by atoms with van der Waals surface area (Å²) in [5.74, 6) is 0.867. The molecule has 2 nitrogen and oxygen atoms in total. The quantitative estimate of drug-likeness (QED) is 0.539. The molecule has 1 aromatic rings. The van der Waals surface area contributed by atoms with Crippen LogP contribution >= 0.6 is 0 Å². The molecular weight excluding hydrogens is 258 g/mol. The number of hydrogen-bond donors (Lipinski definition) is 1. The van der Waals surface area contributed by atoms with Crippen molar-refractivity contribution in [1.29, 1.82) is 0 Å². The van der Waals surface area contributed by atoms with Crippen LogP contribution in [0.25, 0.3) is 0 Å². The average Bonchev–Trinajstić information content (AvgIpc) is 2.56. The molecule has 116 valence electrons. The Morgan fingerprint density at radius 1 is 1.19 bits per heavy atom. The lowest BCUT2D eigenvalue weighted by molar-refractivity contribution is 0.114. The van der Waals surface area contributed by atoms with Crippen molar-refractivity contribution in [2.75, 3.05) is 13.2 Å². The minimum absolute atomic E-state index is 0.377. The molecule has 2 heteroatoms. The monoisotopic (exact) mass is 287 g/mol. The Balaban J connectivity index is 1.57. The van der Waals surface area contributed by atoms with Gasteiger partial charge in [0.25, 0.3) is 0 Å². The van der Waals surface area contributed by atoms with E-state index >= 15 is 0 Å². The van der Waals surface area contributed by atoms with Crippen molar-refractivity contribution >= 4 is 0 Å². The smallest absolute Gasteiger partial charge is 0.0716 e. The molecule has 0 saturated heterocycles. The summed E-state index contributed by atoms with van der Waals surface area (Å²) in [6.45, 7) is 6.56. The fraction of sp³-hybridized carbons (Fsp3) is 0.579. The Hall–Kier alpha value is -1.12. The van der Waals surface area contributed by atoms with Crippen LogP contribution in [0.15, 0.2) is 43.0 Å². The van der Waals surface area contributed by atoms with E-state index in [2.05, 4.69) is 36.2 Å². The van der Waals surface area contributed by atoms with Crippen LogP contribution in [-0.2, 0) is 11.3 Å². The Morgan fingerprint density at radius 2 is 1.95 bits per heavy atom. The summed E-state index contributed by atoms with van der Waals surface area (Å²) in [5, 5.41) is 3.64. The maximum atomic E-state index is 5.76. The highest BCUT2D eigenvalue weighted by atomic mass is 16.5. The van der Waals surface area contributed by atoms with Gasteiger partial charge in [0.1, 0.15) is 0 Å². The first-order valence-corrected chi connectivity index (χ1v) is 8.36. The molecule has 0 bridgehead atoms. The normalized spacial score (nSPS) is 17.5. The number of hydrogen-bond acceptors (Lipinski definition) is 2. The number of nitrogens with one attached hydrogen (secondary N) is 1. The fourth-order valence-corrected chi connectivity index (χ4v) is 2.99. The van der Waals surface area contributed by atoms with Crippen LogP contribution in [-0.4, -0.2) is 19.2 Å². The van der Waals surface area contributed by atoms with E-state index in [1.54, 1.807) is 0 Å². The maximum absolute atomic E-state index is 5.76. The molecule has 0 unspecified atom stereocenters. The van der Waals surface area contributed by atoms with Gasteiger partial charge in [-0.2, -0.15) is 0 Å². The second-order valence-electron chi connectivity index (χ2n) is 6.08. The third kappa shape index (κ3) is 6.45. The van der Waals surface area contributed by atoms with E-state index in [1.165, 1.54) is 37.7 Å². The molecule has 0 spiro atoms. The predicted molar refractivity (Wildman–Crippen MR) is 89.3 cm³/mol. The second kappa shape index (κ2) is 9.75. The van der Waals surface area contributed by atoms with E-state index in [9.17, 15) is 0 Å². The van der Waals surface area contributed by atoms with Gasteiger partial charge in [-0.25, -0.2) is 0 Å². The minimum Gasteiger partial charge on any atom is -0.377 e. The fourth-order valence-electron chi connectivity index (χ4n) is 2.99. The van der Waals surface area contributed by atoms with Gasteiger partial charge in [-0.15, -0.1) is 6.58 Å². The molecular formula is C19H29NO. The lowest BCUT2D eigenvalue weighted by Gasteiger charge is -2.24. The third-order valence-electron chi connectivity index (χ3n) is 4.36. The van der Waals surface area contributed by atoms with Gasteiger partial charge in [-0.05, 0) is 37.3 Å². The number of ether oxygens (including phenoxy) is 1. The van der Waals surface area contributed by atoms with Crippen molar-refractivity contribution in [1.82, 2.24) is 5.32 Å². The molecule has 0 radical (unpaired) electrons. The lowest BCUT2D eigenvalue weighted by atomic mass is 9.89. The van der Waals surface area contributed by atoms with Crippen LogP contribution in [0, 0.1) is 5.92 Å². The van der Waals surface area contributed by atoms with Crippen molar-refractivity contribution in [3.8, 4) is 0 Å². The first kappa shape index (κ1) is 16.3. The Kier molecular flexibility index (Phi) is 7.55. The molecule has 1 saturated carbocycles. The summed E-state index contributed by atoms with van der Waals surface area (Å²) in [6.07, 6.45) is 10.0. The van der Waals surface area contributed by atoms with Gasteiger partial charge in [0, 0.05) is 12.6 Å². The minimum atomic E-state index is 0.377. The second-order valence-corrected chi connectivity index (χ2v) is 6.08. The summed E-state index contributed by atoms with van der Waals surface area (Å²) in [7, 11) is 0. The van der Waals surface area contributed by atoms with Crippen LogP contribution in [0.1, 0.15) is 44.1 Å². The van der Waals surface area contributed by atoms with Crippen molar-refractivity contribution in [2.24, 2.45) is 5.92 Å². The Labute approximate surface area is 129 Å². The number of rotatable bonds is 9. The molecule has 1 aliphatic carbocycles. The zero-order valence-electron chi connectivity index (χ0n) is 13.1. The van der Waals surface area contributed by atoms with Crippen LogP contribution in [0.5, 0.6) is 0 Å². The largest absolute Gasteiger partial charge is 0.377 e. The zero-order valence-corrected chi connectivity index (χ0v) is 13.1. The number of benzene rings is 1. The first-order chi connectivity index (χ1) is 10.4. The molecule has 0 amide bonds. The van der Waals surface area contributed by atoms with Crippen molar-refractivity contribution in [3.05, 3.63) is 48.6 Å². The molecule has 1 N–H and O–H groups in total. The van der Waals surface area contributed by atoms with E-state index in [0.29, 0.717) is 12.6 Å². The molecule has 0 aliphatic heterocycles. The Bertz CT molecular complexity index is 384. The van der Waals surface area contributed by atoms with Crippen molar-refractivity contribution < 1.29 is 4.74 Å². The summed E-state index contributed by atoms with van der Waals surface area (Å²) < 4.78 is 5.76. The van der Waals surface area contributed by atoms with Gasteiger partial charge in [-0.1, -0.05) is 55.7 Å². The summed E-state index contributed by atoms with van der Waals surface area (Å²) in [5.41, 5.74) is 1.24. The van der Waals surface area contributed by atoms with Gasteiger partial charge in [0.05, 0.1) is 6.61 Å². The van der Waals surface area contributed by atoms with E-state index in [-0.39, 0.29) is 0 Å². The summed E-state index contributed by atoms with van der Waals surface area (Å²) in [6, 6.07) is 10.7. The lowest BCUT2D eigenvalue weighted by Crippen LogP contribution is -2.33. The SMILES string of the molecule is C=C[C@@H](CCOCc1ccccc1)NCC1CCCCC1. The van der Waals surface area contributed by atoms with Gasteiger partial charge in [-0.3, -0.25) is 0 Å². The van der Waals surface area contributed by atoms with Crippen LogP contribution in [0.4, 0.5) is 0 Å². The van der Waals surface area contributed by atoms with E-state index < -0.39 is 0 Å². The van der Waals surface area contributed by atoms with Gasteiger partial charge >= 0.3 is 0 Å². The molecule has 1 aliphatic rings. The maximum Gasteiger partial charge on any atom is 0.0716 e. The Morgan fingerprint density at radius 3 is 2.67 bits per heavy atom. The van der Waals surface area contributed by atoms with Crippen molar-refractivity contribution in [2.45, 2.75) is 51.2 Å². The molecule has 2 rings (SSSR count). The highest BCUT2D eigenvalue weighted by Crippen LogP contribution is 2.22. The van der Waals surface area contributed by atoms with Gasteiger partial charge < -0.3 is 10.1 Å². The van der Waals surface area contributed by atoms with Gasteiger partial charge in [0.15, 0.2) is 0 Å². The van der Waals surface area contributed by atoms with E-state index in [4.69, 9.17) is 4.74 Å². The average molecular weight is 287 g/mol. The van der Waals surface area contributed by atoms with E-state index in [1.807, 2.05) is 12.1 Å². The molecule has 21 heavy (non-hydrogen) atoms. The first-order valence-electron chi connectivity index (χ1n) is 8.36. The predicted octanol–water partition coefficient (Wildman–Crippen LogP) is 4.32. The zero-order chi connectivity index (χ0) is 14.8. The molecule has 1 atom stereocenters. The molecule has 1 fully saturated rings. The van der Waals surface area contributed by atoms with Crippen LogP contribution in [0.2, 0.25) is 0 Å². The van der Waals surface area contributed by atoms with Gasteiger partial charge in [0.2, 0.25) is 0 Å². The summed E-state index contributed by atoms with van der Waals surface area (Å²) >= 11 is 0. The topological polar surface area (TPSA) is 21.3 Å². The van der Waals surface area contributed by atoms with E-state index in [0.717, 1.165) is 25.5 Å². The highest BCUT2D eigenvalue weighted by Gasteiger charge is 2.14. The molecule has 1 aromatic carbocycles. The third-order valence-corrected chi connectivity index (χ3v) is 4.36. The highest BCUT2D eigenvalue weighted by molar-refractivity contribution is 5.13. The molecule has 0 heterocycles.